The summed E-state index contributed by atoms with van der Waals surface area (Å²) in [5.74, 6) is -0.352. The topological polar surface area (TPSA) is 70.5 Å². The van der Waals surface area contributed by atoms with Crippen LogP contribution < -0.4 is 5.32 Å². The lowest BCUT2D eigenvalue weighted by Gasteiger charge is -2.34. The number of nitrogens with zero attached hydrogens (tertiary/aromatic N) is 4. The third kappa shape index (κ3) is 4.57. The summed E-state index contributed by atoms with van der Waals surface area (Å²) in [6.45, 7) is 6.84. The monoisotopic (exact) mass is 427 g/mol. The van der Waals surface area contributed by atoms with Crippen molar-refractivity contribution in [2.24, 2.45) is 5.92 Å². The molecule has 1 N–H and O–H groups in total. The minimum atomic E-state index is -0.289. The van der Waals surface area contributed by atoms with Crippen LogP contribution in [-0.4, -0.2) is 57.7 Å². The summed E-state index contributed by atoms with van der Waals surface area (Å²) in [5.41, 5.74) is 2.61. The number of rotatable bonds is 4. The molecular formula is C23H30FN5O2. The second-order valence-electron chi connectivity index (χ2n) is 8.54. The zero-order valence-electron chi connectivity index (χ0n) is 18.2. The number of aromatic nitrogens is 2. The summed E-state index contributed by atoms with van der Waals surface area (Å²) >= 11 is 0. The molecule has 0 bridgehead atoms. The average Bonchev–Trinajstić information content (AvgIpc) is 3.44. The SMILES string of the molecule is Cc1c(C(C)NC(=O)C2CCN(C(=O)N3CCCC3)CC2)cnn1-c1ccc(F)cc1. The summed E-state index contributed by atoms with van der Waals surface area (Å²) in [7, 11) is 0. The highest BCUT2D eigenvalue weighted by Gasteiger charge is 2.31. The highest BCUT2D eigenvalue weighted by Crippen LogP contribution is 2.24. The van der Waals surface area contributed by atoms with Crippen molar-refractivity contribution in [2.75, 3.05) is 26.2 Å². The van der Waals surface area contributed by atoms with E-state index < -0.39 is 0 Å². The van der Waals surface area contributed by atoms with Crippen LogP contribution in [0.3, 0.4) is 0 Å². The molecule has 0 spiro atoms. The van der Waals surface area contributed by atoms with Crippen molar-refractivity contribution in [1.82, 2.24) is 24.9 Å². The number of halogens is 1. The maximum Gasteiger partial charge on any atom is 0.319 e. The molecule has 0 radical (unpaired) electrons. The number of carbonyl (C=O) groups excluding carboxylic acids is 2. The fourth-order valence-electron chi connectivity index (χ4n) is 4.54. The van der Waals surface area contributed by atoms with Crippen LogP contribution in [0, 0.1) is 18.7 Å². The zero-order chi connectivity index (χ0) is 22.0. The van der Waals surface area contributed by atoms with Gasteiger partial charge in [0.2, 0.25) is 5.91 Å². The molecule has 31 heavy (non-hydrogen) atoms. The van der Waals surface area contributed by atoms with Crippen molar-refractivity contribution in [2.45, 2.75) is 45.6 Å². The molecule has 4 rings (SSSR count). The first-order chi connectivity index (χ1) is 14.9. The summed E-state index contributed by atoms with van der Waals surface area (Å²) < 4.78 is 15.0. The van der Waals surface area contributed by atoms with E-state index in [0.717, 1.165) is 42.9 Å². The third-order valence-corrected chi connectivity index (χ3v) is 6.46. The summed E-state index contributed by atoms with van der Waals surface area (Å²) in [5, 5.41) is 7.53. The molecule has 2 aliphatic heterocycles. The number of piperidine rings is 1. The van der Waals surface area contributed by atoms with Crippen LogP contribution in [0.1, 0.15) is 49.9 Å². The highest BCUT2D eigenvalue weighted by atomic mass is 19.1. The first-order valence-corrected chi connectivity index (χ1v) is 11.1. The molecule has 7 nitrogen and oxygen atoms in total. The van der Waals surface area contributed by atoms with E-state index in [1.165, 1.54) is 12.1 Å². The van der Waals surface area contributed by atoms with Gasteiger partial charge in [-0.3, -0.25) is 4.79 Å². The number of nitrogens with one attached hydrogen (secondary N) is 1. The first-order valence-electron chi connectivity index (χ1n) is 11.1. The van der Waals surface area contributed by atoms with Gasteiger partial charge < -0.3 is 15.1 Å². The Morgan fingerprint density at radius 1 is 1.06 bits per heavy atom. The van der Waals surface area contributed by atoms with Gasteiger partial charge in [0.25, 0.3) is 0 Å². The maximum absolute atomic E-state index is 13.2. The van der Waals surface area contributed by atoms with Gasteiger partial charge in [0, 0.05) is 43.4 Å². The fourth-order valence-corrected chi connectivity index (χ4v) is 4.54. The molecule has 0 saturated carbocycles. The Morgan fingerprint density at radius 3 is 2.32 bits per heavy atom. The van der Waals surface area contributed by atoms with E-state index in [1.807, 2.05) is 23.6 Å². The van der Waals surface area contributed by atoms with E-state index in [-0.39, 0.29) is 29.7 Å². The number of hydrogen-bond donors (Lipinski definition) is 1. The van der Waals surface area contributed by atoms with Gasteiger partial charge in [0.05, 0.1) is 17.9 Å². The standard InChI is InChI=1S/C23H30FN5O2/c1-16(21-15-25-29(17(21)2)20-7-5-19(24)6-8-20)26-22(30)18-9-13-28(14-10-18)23(31)27-11-3-4-12-27/h5-8,15-16,18H,3-4,9-14H2,1-2H3,(H,26,30). The summed E-state index contributed by atoms with van der Waals surface area (Å²) in [4.78, 5) is 29.2. The summed E-state index contributed by atoms with van der Waals surface area (Å²) in [6, 6.07) is 6.10. The lowest BCUT2D eigenvalue weighted by molar-refractivity contribution is -0.126. The van der Waals surface area contributed by atoms with E-state index in [9.17, 15) is 14.0 Å². The van der Waals surface area contributed by atoms with Gasteiger partial charge in [-0.05, 0) is 63.8 Å². The van der Waals surface area contributed by atoms with Crippen LogP contribution in [-0.2, 0) is 4.79 Å². The Hall–Kier alpha value is -2.90. The maximum atomic E-state index is 13.2. The lowest BCUT2D eigenvalue weighted by Crippen LogP contribution is -2.47. The van der Waals surface area contributed by atoms with E-state index in [2.05, 4.69) is 10.4 Å². The third-order valence-electron chi connectivity index (χ3n) is 6.46. The van der Waals surface area contributed by atoms with Crippen molar-refractivity contribution < 1.29 is 14.0 Å². The molecule has 2 aromatic rings. The van der Waals surface area contributed by atoms with Crippen LogP contribution >= 0.6 is 0 Å². The lowest BCUT2D eigenvalue weighted by atomic mass is 9.95. The molecule has 2 aliphatic rings. The fraction of sp³-hybridized carbons (Fsp3) is 0.522. The largest absolute Gasteiger partial charge is 0.349 e. The van der Waals surface area contributed by atoms with Crippen molar-refractivity contribution in [1.29, 1.82) is 0 Å². The van der Waals surface area contributed by atoms with E-state index in [1.54, 1.807) is 23.0 Å². The molecule has 8 heteroatoms. The molecule has 3 heterocycles. The average molecular weight is 428 g/mol. The van der Waals surface area contributed by atoms with E-state index in [0.29, 0.717) is 25.9 Å². The molecule has 1 unspecified atom stereocenters. The molecule has 1 aromatic heterocycles. The molecule has 166 valence electrons. The smallest absolute Gasteiger partial charge is 0.319 e. The van der Waals surface area contributed by atoms with Crippen molar-refractivity contribution >= 4 is 11.9 Å². The molecule has 2 fully saturated rings. The molecule has 0 aliphatic carbocycles. The Morgan fingerprint density at radius 2 is 1.68 bits per heavy atom. The van der Waals surface area contributed by atoms with Gasteiger partial charge in [-0.1, -0.05) is 0 Å². The molecule has 3 amide bonds. The number of amides is 3. The predicted octanol–water partition coefficient (Wildman–Crippen LogP) is 3.42. The zero-order valence-corrected chi connectivity index (χ0v) is 18.2. The minimum Gasteiger partial charge on any atom is -0.349 e. The highest BCUT2D eigenvalue weighted by molar-refractivity contribution is 5.80. The van der Waals surface area contributed by atoms with Gasteiger partial charge in [-0.2, -0.15) is 5.10 Å². The number of likely N-dealkylation sites (tertiary alicyclic amines) is 2. The molecule has 2 saturated heterocycles. The van der Waals surface area contributed by atoms with E-state index in [4.69, 9.17) is 0 Å². The minimum absolute atomic E-state index is 0.0229. The van der Waals surface area contributed by atoms with Gasteiger partial charge in [0.1, 0.15) is 5.82 Å². The Balaban J connectivity index is 1.33. The van der Waals surface area contributed by atoms with E-state index >= 15 is 0 Å². The Bertz CT molecular complexity index is 928. The van der Waals surface area contributed by atoms with Gasteiger partial charge in [0.15, 0.2) is 0 Å². The number of urea groups is 1. The Labute approximate surface area is 182 Å². The van der Waals surface area contributed by atoms with Gasteiger partial charge in [-0.15, -0.1) is 0 Å². The molecular weight excluding hydrogens is 397 g/mol. The Kier molecular flexibility index (Phi) is 6.25. The van der Waals surface area contributed by atoms with Crippen molar-refractivity contribution in [3.63, 3.8) is 0 Å². The van der Waals surface area contributed by atoms with Crippen LogP contribution in [0.4, 0.5) is 9.18 Å². The van der Waals surface area contributed by atoms with Crippen LogP contribution in [0.15, 0.2) is 30.5 Å². The van der Waals surface area contributed by atoms with Crippen LogP contribution in [0.2, 0.25) is 0 Å². The van der Waals surface area contributed by atoms with Crippen LogP contribution in [0.25, 0.3) is 5.69 Å². The number of carbonyl (C=O) groups is 2. The van der Waals surface area contributed by atoms with Gasteiger partial charge in [-0.25, -0.2) is 13.9 Å². The second kappa shape index (κ2) is 9.08. The first kappa shape index (κ1) is 21.3. The second-order valence-corrected chi connectivity index (χ2v) is 8.54. The van der Waals surface area contributed by atoms with Crippen molar-refractivity contribution in [3.05, 3.63) is 47.5 Å². The number of benzene rings is 1. The van der Waals surface area contributed by atoms with Crippen LogP contribution in [0.5, 0.6) is 0 Å². The normalized spacial score (nSPS) is 18.3. The quantitative estimate of drug-likeness (QED) is 0.813. The summed E-state index contributed by atoms with van der Waals surface area (Å²) in [6.07, 6.45) is 5.29. The molecule has 1 aromatic carbocycles. The molecule has 1 atom stereocenters. The van der Waals surface area contributed by atoms with Crippen molar-refractivity contribution in [3.8, 4) is 5.69 Å². The van der Waals surface area contributed by atoms with Gasteiger partial charge >= 0.3 is 6.03 Å². The predicted molar refractivity (Wildman–Crippen MR) is 115 cm³/mol. The number of hydrogen-bond acceptors (Lipinski definition) is 3.